The van der Waals surface area contributed by atoms with Crippen molar-refractivity contribution in [2.24, 2.45) is 11.7 Å². The lowest BCUT2D eigenvalue weighted by molar-refractivity contribution is -0.384. The molecule has 1 aliphatic rings. The summed E-state index contributed by atoms with van der Waals surface area (Å²) in [5.74, 6) is -4.72. The van der Waals surface area contributed by atoms with Gasteiger partial charge in [-0.1, -0.05) is 12.8 Å². The lowest BCUT2D eigenvalue weighted by Gasteiger charge is -2.30. The molecule has 1 aliphatic carbocycles. The van der Waals surface area contributed by atoms with Gasteiger partial charge >= 0.3 is 5.76 Å². The highest BCUT2D eigenvalue weighted by atomic mass is 32.2. The van der Waals surface area contributed by atoms with Crippen molar-refractivity contribution in [3.8, 4) is 0 Å². The van der Waals surface area contributed by atoms with Crippen molar-refractivity contribution in [1.82, 2.24) is 0 Å². The van der Waals surface area contributed by atoms with E-state index in [9.17, 15) is 32.1 Å². The number of anilines is 1. The normalized spacial score (nSPS) is 21.1. The van der Waals surface area contributed by atoms with Crippen LogP contribution in [-0.2, 0) is 14.6 Å². The van der Waals surface area contributed by atoms with Crippen LogP contribution in [0.3, 0.4) is 0 Å². The van der Waals surface area contributed by atoms with Crippen LogP contribution >= 0.6 is 0 Å². The van der Waals surface area contributed by atoms with Gasteiger partial charge in [0.2, 0.25) is 15.7 Å². The fourth-order valence-corrected chi connectivity index (χ4v) is 3.65. The van der Waals surface area contributed by atoms with E-state index in [2.05, 4.69) is 5.32 Å². The molecule has 1 fully saturated rings. The van der Waals surface area contributed by atoms with Gasteiger partial charge in [0.25, 0.3) is 5.69 Å². The number of hydrogen-bond acceptors (Lipinski definition) is 6. The van der Waals surface area contributed by atoms with Crippen molar-refractivity contribution in [3.63, 3.8) is 0 Å². The molecule has 2 unspecified atom stereocenters. The summed E-state index contributed by atoms with van der Waals surface area (Å²) >= 11 is 0. The summed E-state index contributed by atoms with van der Waals surface area (Å²) in [4.78, 5) is 21.0. The van der Waals surface area contributed by atoms with Gasteiger partial charge in [0, 0.05) is 12.1 Å². The Balaban J connectivity index is 2.38. The summed E-state index contributed by atoms with van der Waals surface area (Å²) < 4.78 is 48.2. The quantitative estimate of drug-likeness (QED) is 0.576. The Morgan fingerprint density at radius 2 is 1.96 bits per heavy atom. The Morgan fingerprint density at radius 1 is 1.32 bits per heavy atom. The number of hydrogen-bond donors (Lipinski definition) is 2. The van der Waals surface area contributed by atoms with Gasteiger partial charge in [-0.25, -0.2) is 8.42 Å². The number of sulfone groups is 1. The monoisotopic (exact) mass is 377 g/mol. The number of rotatable bonds is 6. The van der Waals surface area contributed by atoms with Crippen molar-refractivity contribution >= 4 is 27.1 Å². The van der Waals surface area contributed by atoms with E-state index >= 15 is 0 Å². The number of alkyl halides is 2. The minimum Gasteiger partial charge on any atom is -0.376 e. The molecule has 0 spiro atoms. The first-order chi connectivity index (χ1) is 11.6. The van der Waals surface area contributed by atoms with Crippen LogP contribution in [0, 0.1) is 16.0 Å². The van der Waals surface area contributed by atoms with Crippen LogP contribution in [0.15, 0.2) is 23.1 Å². The summed E-state index contributed by atoms with van der Waals surface area (Å²) in [6.07, 6.45) is 2.70. The fraction of sp³-hybridized carbons (Fsp3) is 0.500. The SMILES string of the molecule is NC(=O)C1CCCCC1Nc1ccc(S(=O)(=O)C(F)F)cc1[N+](=O)[O-]. The number of carbonyl (C=O) groups is 1. The number of nitrogens with zero attached hydrogens (tertiary/aromatic N) is 1. The van der Waals surface area contributed by atoms with Gasteiger partial charge in [0.1, 0.15) is 5.69 Å². The first-order valence-electron chi connectivity index (χ1n) is 7.51. The molecule has 0 aromatic heterocycles. The molecular formula is C14H17F2N3O5S. The molecule has 0 bridgehead atoms. The van der Waals surface area contributed by atoms with E-state index in [1.165, 1.54) is 0 Å². The van der Waals surface area contributed by atoms with E-state index in [-0.39, 0.29) is 5.69 Å². The Labute approximate surface area is 142 Å². The van der Waals surface area contributed by atoms with E-state index in [1.54, 1.807) is 0 Å². The summed E-state index contributed by atoms with van der Waals surface area (Å²) in [5, 5.41) is 14.1. The molecule has 0 radical (unpaired) electrons. The fourth-order valence-electron chi connectivity index (χ4n) is 2.91. The van der Waals surface area contributed by atoms with Crippen LogP contribution in [0.2, 0.25) is 0 Å². The second kappa shape index (κ2) is 7.30. The van der Waals surface area contributed by atoms with Gasteiger partial charge in [-0.05, 0) is 25.0 Å². The predicted molar refractivity (Wildman–Crippen MR) is 84.8 cm³/mol. The standard InChI is InChI=1S/C14H17F2N3O5S/c15-14(16)25(23,24)8-5-6-11(12(7-8)19(21)22)18-10-4-2-1-3-9(10)13(17)20/h5-7,9-10,14,18H,1-4H2,(H2,17,20). The number of nitrogens with one attached hydrogen (secondary N) is 1. The highest BCUT2D eigenvalue weighted by molar-refractivity contribution is 7.91. The first-order valence-corrected chi connectivity index (χ1v) is 9.05. The summed E-state index contributed by atoms with van der Waals surface area (Å²) in [6, 6.07) is 2.08. The van der Waals surface area contributed by atoms with E-state index in [1.807, 2.05) is 0 Å². The summed E-state index contributed by atoms with van der Waals surface area (Å²) in [7, 11) is -4.95. The molecule has 11 heteroatoms. The van der Waals surface area contributed by atoms with Crippen LogP contribution in [0.5, 0.6) is 0 Å². The molecule has 25 heavy (non-hydrogen) atoms. The van der Waals surface area contributed by atoms with Crippen LogP contribution in [0.4, 0.5) is 20.2 Å². The summed E-state index contributed by atoms with van der Waals surface area (Å²) in [6.45, 7) is 0. The molecule has 1 aromatic carbocycles. The maximum atomic E-state index is 12.6. The minimum atomic E-state index is -4.95. The third-order valence-electron chi connectivity index (χ3n) is 4.20. The Bertz CT molecular complexity index is 785. The Hall–Kier alpha value is -2.30. The zero-order valence-corrected chi connectivity index (χ0v) is 13.8. The second-order valence-corrected chi connectivity index (χ2v) is 7.70. The van der Waals surface area contributed by atoms with Gasteiger partial charge in [0.05, 0.1) is 15.7 Å². The predicted octanol–water partition coefficient (Wildman–Crippen LogP) is 2.05. The molecule has 1 saturated carbocycles. The van der Waals surface area contributed by atoms with E-state index in [0.29, 0.717) is 18.9 Å². The van der Waals surface area contributed by atoms with Crippen molar-refractivity contribution in [1.29, 1.82) is 0 Å². The maximum absolute atomic E-state index is 12.6. The van der Waals surface area contributed by atoms with Crippen LogP contribution in [0.1, 0.15) is 25.7 Å². The second-order valence-electron chi connectivity index (χ2n) is 5.79. The third-order valence-corrected chi connectivity index (χ3v) is 5.58. The van der Waals surface area contributed by atoms with Crippen molar-refractivity contribution in [2.75, 3.05) is 5.32 Å². The van der Waals surface area contributed by atoms with Crippen molar-refractivity contribution < 1.29 is 26.9 Å². The smallest absolute Gasteiger partial charge is 0.341 e. The largest absolute Gasteiger partial charge is 0.376 e. The van der Waals surface area contributed by atoms with Crippen molar-refractivity contribution in [3.05, 3.63) is 28.3 Å². The average molecular weight is 377 g/mol. The number of nitro groups is 1. The number of carbonyl (C=O) groups excluding carboxylic acids is 1. The first kappa shape index (κ1) is 19.0. The molecule has 1 aromatic rings. The number of nitrogens with two attached hydrogens (primary N) is 1. The molecule has 0 aliphatic heterocycles. The zero-order chi connectivity index (χ0) is 18.8. The molecule has 0 saturated heterocycles. The number of benzene rings is 1. The number of primary amides is 1. The lowest BCUT2D eigenvalue weighted by atomic mass is 9.84. The molecule has 138 valence electrons. The molecule has 2 atom stereocenters. The van der Waals surface area contributed by atoms with E-state index < -0.39 is 49.0 Å². The van der Waals surface area contributed by atoms with Crippen LogP contribution in [-0.4, -0.2) is 31.0 Å². The third kappa shape index (κ3) is 4.03. The number of nitro benzene ring substituents is 1. The molecule has 1 amide bonds. The van der Waals surface area contributed by atoms with Gasteiger partial charge in [-0.2, -0.15) is 8.78 Å². The zero-order valence-electron chi connectivity index (χ0n) is 13.0. The highest BCUT2D eigenvalue weighted by Gasteiger charge is 2.33. The minimum absolute atomic E-state index is 0.0450. The van der Waals surface area contributed by atoms with Gasteiger partial charge in [-0.3, -0.25) is 14.9 Å². The molecule has 0 heterocycles. The topological polar surface area (TPSA) is 132 Å². The average Bonchev–Trinajstić information content (AvgIpc) is 2.55. The van der Waals surface area contributed by atoms with Gasteiger partial charge in [-0.15, -0.1) is 0 Å². The molecular weight excluding hydrogens is 360 g/mol. The van der Waals surface area contributed by atoms with Crippen LogP contribution in [0.25, 0.3) is 0 Å². The highest BCUT2D eigenvalue weighted by Crippen LogP contribution is 2.33. The number of halogens is 2. The Morgan fingerprint density at radius 3 is 2.52 bits per heavy atom. The summed E-state index contributed by atoms with van der Waals surface area (Å²) in [5.41, 5.74) is 4.65. The molecule has 8 nitrogen and oxygen atoms in total. The van der Waals surface area contributed by atoms with Gasteiger partial charge in [0.15, 0.2) is 0 Å². The molecule has 3 N–H and O–H groups in total. The lowest BCUT2D eigenvalue weighted by Crippen LogP contribution is -2.40. The van der Waals surface area contributed by atoms with E-state index in [0.717, 1.165) is 25.0 Å². The maximum Gasteiger partial charge on any atom is 0.341 e. The van der Waals surface area contributed by atoms with Gasteiger partial charge < -0.3 is 11.1 Å². The van der Waals surface area contributed by atoms with Crippen LogP contribution < -0.4 is 11.1 Å². The molecule has 2 rings (SSSR count). The Kier molecular flexibility index (Phi) is 5.55. The van der Waals surface area contributed by atoms with E-state index in [4.69, 9.17) is 5.73 Å². The van der Waals surface area contributed by atoms with Crippen molar-refractivity contribution in [2.45, 2.75) is 42.4 Å². The number of amides is 1.